The molecule has 0 aromatic heterocycles. The van der Waals surface area contributed by atoms with Gasteiger partial charge in [-0.2, -0.15) is 0 Å². The maximum atomic E-state index is 13.0. The summed E-state index contributed by atoms with van der Waals surface area (Å²) in [5.74, 6) is -1.59. The van der Waals surface area contributed by atoms with E-state index in [2.05, 4.69) is 15.9 Å². The SMILES string of the molecule is NC(=O)c1cccc(COC(=O)c2ccc(F)cc2Br)c1. The van der Waals surface area contributed by atoms with Gasteiger partial charge in [-0.15, -0.1) is 0 Å². The lowest BCUT2D eigenvalue weighted by Crippen LogP contribution is -2.11. The Hall–Kier alpha value is -2.21. The number of carbonyl (C=O) groups excluding carboxylic acids is 2. The van der Waals surface area contributed by atoms with E-state index < -0.39 is 17.7 Å². The summed E-state index contributed by atoms with van der Waals surface area (Å²) in [5, 5.41) is 0. The van der Waals surface area contributed by atoms with Crippen LogP contribution in [-0.4, -0.2) is 11.9 Å². The quantitative estimate of drug-likeness (QED) is 0.860. The molecule has 2 aromatic carbocycles. The molecule has 2 aromatic rings. The number of nitrogens with two attached hydrogens (primary N) is 1. The summed E-state index contributed by atoms with van der Waals surface area (Å²) in [6.07, 6.45) is 0. The van der Waals surface area contributed by atoms with Crippen LogP contribution in [0.5, 0.6) is 0 Å². The molecule has 1 amide bonds. The van der Waals surface area contributed by atoms with Gasteiger partial charge in [0, 0.05) is 10.0 Å². The van der Waals surface area contributed by atoms with Crippen molar-refractivity contribution in [1.29, 1.82) is 0 Å². The Morgan fingerprint density at radius 2 is 1.95 bits per heavy atom. The van der Waals surface area contributed by atoms with Gasteiger partial charge in [-0.05, 0) is 51.8 Å². The third-order valence-corrected chi connectivity index (χ3v) is 3.39. The predicted molar refractivity (Wildman–Crippen MR) is 78.2 cm³/mol. The first-order valence-electron chi connectivity index (χ1n) is 5.98. The molecule has 0 heterocycles. The zero-order valence-corrected chi connectivity index (χ0v) is 12.4. The van der Waals surface area contributed by atoms with Crippen molar-refractivity contribution in [2.75, 3.05) is 0 Å². The number of hydrogen-bond acceptors (Lipinski definition) is 3. The highest BCUT2D eigenvalue weighted by atomic mass is 79.9. The van der Waals surface area contributed by atoms with Gasteiger partial charge in [0.2, 0.25) is 5.91 Å². The van der Waals surface area contributed by atoms with E-state index in [-0.39, 0.29) is 12.2 Å². The molecule has 0 atom stereocenters. The number of amides is 1. The van der Waals surface area contributed by atoms with Gasteiger partial charge in [-0.1, -0.05) is 12.1 Å². The van der Waals surface area contributed by atoms with Gasteiger partial charge >= 0.3 is 5.97 Å². The maximum absolute atomic E-state index is 13.0. The van der Waals surface area contributed by atoms with E-state index in [0.29, 0.717) is 15.6 Å². The largest absolute Gasteiger partial charge is 0.457 e. The van der Waals surface area contributed by atoms with Crippen LogP contribution in [0, 0.1) is 5.82 Å². The van der Waals surface area contributed by atoms with Crippen molar-refractivity contribution in [3.63, 3.8) is 0 Å². The minimum absolute atomic E-state index is 0.0101. The van der Waals surface area contributed by atoms with Crippen molar-refractivity contribution in [2.45, 2.75) is 6.61 Å². The highest BCUT2D eigenvalue weighted by Crippen LogP contribution is 2.19. The molecule has 6 heteroatoms. The monoisotopic (exact) mass is 351 g/mol. The highest BCUT2D eigenvalue weighted by molar-refractivity contribution is 9.10. The van der Waals surface area contributed by atoms with Crippen LogP contribution in [0.3, 0.4) is 0 Å². The Labute approximate surface area is 128 Å². The number of benzene rings is 2. The van der Waals surface area contributed by atoms with Crippen LogP contribution in [0.25, 0.3) is 0 Å². The van der Waals surface area contributed by atoms with Gasteiger partial charge in [0.25, 0.3) is 0 Å². The molecular formula is C15H11BrFNO3. The topological polar surface area (TPSA) is 69.4 Å². The lowest BCUT2D eigenvalue weighted by molar-refractivity contribution is 0.0471. The zero-order chi connectivity index (χ0) is 15.4. The molecule has 108 valence electrons. The first-order chi connectivity index (χ1) is 9.97. The lowest BCUT2D eigenvalue weighted by atomic mass is 10.1. The van der Waals surface area contributed by atoms with Crippen molar-refractivity contribution in [3.05, 3.63) is 69.4 Å². The second-order valence-electron chi connectivity index (χ2n) is 4.26. The van der Waals surface area contributed by atoms with Gasteiger partial charge in [0.1, 0.15) is 12.4 Å². The minimum atomic E-state index is -0.591. The number of ether oxygens (including phenoxy) is 1. The minimum Gasteiger partial charge on any atom is -0.457 e. The second kappa shape index (κ2) is 6.49. The van der Waals surface area contributed by atoms with Gasteiger partial charge < -0.3 is 10.5 Å². The van der Waals surface area contributed by atoms with Crippen LogP contribution in [-0.2, 0) is 11.3 Å². The van der Waals surface area contributed by atoms with E-state index in [0.717, 1.165) is 0 Å². The van der Waals surface area contributed by atoms with E-state index in [9.17, 15) is 14.0 Å². The van der Waals surface area contributed by atoms with Crippen LogP contribution in [0.15, 0.2) is 46.9 Å². The van der Waals surface area contributed by atoms with E-state index in [4.69, 9.17) is 10.5 Å². The average molecular weight is 352 g/mol. The smallest absolute Gasteiger partial charge is 0.339 e. The molecule has 0 saturated heterocycles. The van der Waals surface area contributed by atoms with Crippen LogP contribution >= 0.6 is 15.9 Å². The fourth-order valence-corrected chi connectivity index (χ4v) is 2.21. The molecule has 2 rings (SSSR count). The third-order valence-electron chi connectivity index (χ3n) is 2.73. The van der Waals surface area contributed by atoms with Crippen LogP contribution in [0.1, 0.15) is 26.3 Å². The Bertz CT molecular complexity index is 703. The molecule has 0 spiro atoms. The number of esters is 1. The van der Waals surface area contributed by atoms with Crippen molar-refractivity contribution >= 4 is 27.8 Å². The highest BCUT2D eigenvalue weighted by Gasteiger charge is 2.12. The molecule has 0 bridgehead atoms. The maximum Gasteiger partial charge on any atom is 0.339 e. The van der Waals surface area contributed by atoms with Gasteiger partial charge in [-0.3, -0.25) is 4.79 Å². The summed E-state index contributed by atoms with van der Waals surface area (Å²) in [6.45, 7) is -0.0101. The normalized spacial score (nSPS) is 10.2. The molecule has 0 aliphatic rings. The summed E-state index contributed by atoms with van der Waals surface area (Å²) in [4.78, 5) is 23.0. The van der Waals surface area contributed by atoms with Gasteiger partial charge in [0.05, 0.1) is 5.56 Å². The standard InChI is InChI=1S/C15H11BrFNO3/c16-13-7-11(17)4-5-12(13)15(20)21-8-9-2-1-3-10(6-9)14(18)19/h1-7H,8H2,(H2,18,19). The summed E-state index contributed by atoms with van der Waals surface area (Å²) in [7, 11) is 0. The second-order valence-corrected chi connectivity index (χ2v) is 5.12. The average Bonchev–Trinajstić information content (AvgIpc) is 2.45. The number of halogens is 2. The van der Waals surface area contributed by atoms with Crippen molar-refractivity contribution in [2.24, 2.45) is 5.73 Å². The van der Waals surface area contributed by atoms with Crippen LogP contribution < -0.4 is 5.73 Å². The summed E-state index contributed by atoms with van der Waals surface area (Å²) in [5.41, 5.74) is 6.38. The van der Waals surface area contributed by atoms with E-state index in [1.54, 1.807) is 24.3 Å². The fourth-order valence-electron chi connectivity index (χ4n) is 1.70. The molecule has 0 radical (unpaired) electrons. The first-order valence-corrected chi connectivity index (χ1v) is 6.77. The molecule has 0 fully saturated rings. The Morgan fingerprint density at radius 1 is 1.19 bits per heavy atom. The molecule has 0 aliphatic carbocycles. The Morgan fingerprint density at radius 3 is 2.62 bits per heavy atom. The molecule has 0 saturated carbocycles. The van der Waals surface area contributed by atoms with Gasteiger partial charge in [-0.25, -0.2) is 9.18 Å². The van der Waals surface area contributed by atoms with E-state index in [1.165, 1.54) is 18.2 Å². The van der Waals surface area contributed by atoms with Crippen molar-refractivity contribution in [1.82, 2.24) is 0 Å². The molecular weight excluding hydrogens is 341 g/mol. The molecule has 0 unspecified atom stereocenters. The molecule has 21 heavy (non-hydrogen) atoms. The van der Waals surface area contributed by atoms with Crippen LogP contribution in [0.2, 0.25) is 0 Å². The fraction of sp³-hybridized carbons (Fsp3) is 0.0667. The predicted octanol–water partition coefficient (Wildman–Crippen LogP) is 3.04. The van der Waals surface area contributed by atoms with Crippen LogP contribution in [0.4, 0.5) is 4.39 Å². The zero-order valence-electron chi connectivity index (χ0n) is 10.8. The number of rotatable bonds is 4. The Kier molecular flexibility index (Phi) is 4.70. The lowest BCUT2D eigenvalue weighted by Gasteiger charge is -2.07. The molecule has 2 N–H and O–H groups in total. The number of carbonyl (C=O) groups is 2. The summed E-state index contributed by atoms with van der Waals surface area (Å²) < 4.78 is 18.4. The number of hydrogen-bond donors (Lipinski definition) is 1. The third kappa shape index (κ3) is 3.88. The molecule has 4 nitrogen and oxygen atoms in total. The summed E-state index contributed by atoms with van der Waals surface area (Å²) >= 11 is 3.10. The number of primary amides is 1. The van der Waals surface area contributed by atoms with Gasteiger partial charge in [0.15, 0.2) is 0 Å². The van der Waals surface area contributed by atoms with Crippen molar-refractivity contribution in [3.8, 4) is 0 Å². The van der Waals surface area contributed by atoms with E-state index in [1.807, 2.05) is 0 Å². The van der Waals surface area contributed by atoms with E-state index >= 15 is 0 Å². The summed E-state index contributed by atoms with van der Waals surface area (Å²) in [6, 6.07) is 10.2. The Balaban J connectivity index is 2.07. The van der Waals surface area contributed by atoms with Crippen molar-refractivity contribution < 1.29 is 18.7 Å². The first kappa shape index (κ1) is 15.2. The molecule has 0 aliphatic heterocycles.